The third-order valence-electron chi connectivity index (χ3n) is 3.31. The molecule has 0 aromatic carbocycles. The lowest BCUT2D eigenvalue weighted by Gasteiger charge is -2.32. The molecule has 3 rings (SSSR count). The number of rotatable bonds is 2. The summed E-state index contributed by atoms with van der Waals surface area (Å²) in [6, 6.07) is 1.90. The SMILES string of the molecule is O=C(c1coc(Br)c1)N1CCCC(n2cncn2)C1. The first kappa shape index (κ1) is 12.4. The maximum absolute atomic E-state index is 12.3. The van der Waals surface area contributed by atoms with E-state index in [1.54, 1.807) is 12.4 Å². The van der Waals surface area contributed by atoms with Crippen molar-refractivity contribution in [3.63, 3.8) is 0 Å². The molecule has 1 saturated heterocycles. The molecule has 1 aliphatic rings. The van der Waals surface area contributed by atoms with Gasteiger partial charge in [0.05, 0.1) is 11.6 Å². The fourth-order valence-electron chi connectivity index (χ4n) is 2.37. The normalized spacial score (nSPS) is 19.6. The summed E-state index contributed by atoms with van der Waals surface area (Å²) in [6.07, 6.45) is 6.68. The molecule has 0 radical (unpaired) electrons. The first-order chi connectivity index (χ1) is 9.24. The van der Waals surface area contributed by atoms with Crippen LogP contribution in [0.1, 0.15) is 29.2 Å². The van der Waals surface area contributed by atoms with Crippen LogP contribution in [0.25, 0.3) is 0 Å². The van der Waals surface area contributed by atoms with Crippen LogP contribution in [-0.2, 0) is 0 Å². The highest BCUT2D eigenvalue weighted by atomic mass is 79.9. The quantitative estimate of drug-likeness (QED) is 0.848. The van der Waals surface area contributed by atoms with Crippen LogP contribution < -0.4 is 0 Å². The van der Waals surface area contributed by atoms with Gasteiger partial charge in [-0.2, -0.15) is 5.10 Å². The van der Waals surface area contributed by atoms with E-state index in [9.17, 15) is 4.79 Å². The summed E-state index contributed by atoms with van der Waals surface area (Å²) >= 11 is 3.21. The molecule has 0 N–H and O–H groups in total. The van der Waals surface area contributed by atoms with E-state index in [2.05, 4.69) is 26.0 Å². The van der Waals surface area contributed by atoms with Crippen LogP contribution in [-0.4, -0.2) is 38.7 Å². The predicted octanol–water partition coefficient (Wildman–Crippen LogP) is 2.11. The zero-order valence-electron chi connectivity index (χ0n) is 10.2. The van der Waals surface area contributed by atoms with E-state index in [0.717, 1.165) is 19.4 Å². The average molecular weight is 325 g/mol. The van der Waals surface area contributed by atoms with Gasteiger partial charge in [0.1, 0.15) is 18.9 Å². The second kappa shape index (κ2) is 5.16. The number of amides is 1. The summed E-state index contributed by atoms with van der Waals surface area (Å²) in [6.45, 7) is 1.43. The van der Waals surface area contributed by atoms with Gasteiger partial charge in [-0.15, -0.1) is 0 Å². The Morgan fingerprint density at radius 1 is 1.53 bits per heavy atom. The van der Waals surface area contributed by atoms with Crippen molar-refractivity contribution in [2.75, 3.05) is 13.1 Å². The molecule has 1 atom stereocenters. The van der Waals surface area contributed by atoms with E-state index < -0.39 is 0 Å². The van der Waals surface area contributed by atoms with Crippen LogP contribution in [0.2, 0.25) is 0 Å². The Bertz CT molecular complexity index is 566. The molecule has 0 saturated carbocycles. The number of nitrogens with zero attached hydrogens (tertiary/aromatic N) is 4. The summed E-state index contributed by atoms with van der Waals surface area (Å²) in [5.74, 6) is -0.000680. The minimum Gasteiger partial charge on any atom is -0.457 e. The Morgan fingerprint density at radius 2 is 2.42 bits per heavy atom. The fraction of sp³-hybridized carbons (Fsp3) is 0.417. The summed E-state index contributed by atoms with van der Waals surface area (Å²) < 4.78 is 7.51. The van der Waals surface area contributed by atoms with Gasteiger partial charge < -0.3 is 9.32 Å². The fourth-order valence-corrected chi connectivity index (χ4v) is 2.71. The molecule has 0 spiro atoms. The molecule has 3 heterocycles. The van der Waals surface area contributed by atoms with Crippen LogP contribution in [0, 0.1) is 0 Å². The zero-order valence-corrected chi connectivity index (χ0v) is 11.8. The lowest BCUT2D eigenvalue weighted by atomic mass is 10.1. The van der Waals surface area contributed by atoms with Gasteiger partial charge in [0.25, 0.3) is 5.91 Å². The maximum atomic E-state index is 12.3. The van der Waals surface area contributed by atoms with Gasteiger partial charge >= 0.3 is 0 Å². The molecule has 1 aliphatic heterocycles. The van der Waals surface area contributed by atoms with Gasteiger partial charge in [0.15, 0.2) is 4.67 Å². The molecule has 2 aromatic rings. The first-order valence-electron chi connectivity index (χ1n) is 6.11. The Kier molecular flexibility index (Phi) is 3.37. The van der Waals surface area contributed by atoms with Crippen molar-refractivity contribution in [1.82, 2.24) is 19.7 Å². The molecular weight excluding hydrogens is 312 g/mol. The minimum atomic E-state index is -0.000680. The number of hydrogen-bond acceptors (Lipinski definition) is 4. The molecular formula is C12H13BrN4O2. The van der Waals surface area contributed by atoms with E-state index in [1.165, 1.54) is 12.6 Å². The van der Waals surface area contributed by atoms with E-state index in [0.29, 0.717) is 16.8 Å². The number of furan rings is 1. The second-order valence-electron chi connectivity index (χ2n) is 4.56. The van der Waals surface area contributed by atoms with Gasteiger partial charge in [0.2, 0.25) is 0 Å². The van der Waals surface area contributed by atoms with Crippen molar-refractivity contribution < 1.29 is 9.21 Å². The smallest absolute Gasteiger partial charge is 0.257 e. The van der Waals surface area contributed by atoms with Crippen molar-refractivity contribution >= 4 is 21.8 Å². The summed E-state index contributed by atoms with van der Waals surface area (Å²) in [5, 5.41) is 4.15. The van der Waals surface area contributed by atoms with Crippen LogP contribution in [0.4, 0.5) is 0 Å². The lowest BCUT2D eigenvalue weighted by Crippen LogP contribution is -2.40. The third-order valence-corrected chi connectivity index (χ3v) is 3.72. The molecule has 1 unspecified atom stereocenters. The zero-order chi connectivity index (χ0) is 13.2. The highest BCUT2D eigenvalue weighted by Crippen LogP contribution is 2.23. The second-order valence-corrected chi connectivity index (χ2v) is 5.34. The minimum absolute atomic E-state index is 0.000680. The summed E-state index contributed by atoms with van der Waals surface area (Å²) in [5.41, 5.74) is 0.575. The van der Waals surface area contributed by atoms with Crippen molar-refractivity contribution in [1.29, 1.82) is 0 Å². The largest absolute Gasteiger partial charge is 0.457 e. The van der Waals surface area contributed by atoms with Crippen LogP contribution in [0.3, 0.4) is 0 Å². The highest BCUT2D eigenvalue weighted by molar-refractivity contribution is 9.10. The van der Waals surface area contributed by atoms with E-state index >= 15 is 0 Å². The lowest BCUT2D eigenvalue weighted by molar-refractivity contribution is 0.0672. The van der Waals surface area contributed by atoms with Crippen LogP contribution in [0.15, 0.2) is 34.1 Å². The molecule has 2 aromatic heterocycles. The van der Waals surface area contributed by atoms with Gasteiger partial charge in [-0.05, 0) is 28.8 Å². The number of carbonyl (C=O) groups is 1. The van der Waals surface area contributed by atoms with E-state index in [-0.39, 0.29) is 11.9 Å². The Morgan fingerprint density at radius 3 is 3.11 bits per heavy atom. The summed E-state index contributed by atoms with van der Waals surface area (Å²) in [4.78, 5) is 18.1. The Hall–Kier alpha value is -1.63. The first-order valence-corrected chi connectivity index (χ1v) is 6.91. The van der Waals surface area contributed by atoms with Crippen molar-refractivity contribution in [2.24, 2.45) is 0 Å². The Labute approximate surface area is 118 Å². The number of aromatic nitrogens is 3. The Balaban J connectivity index is 1.73. The average Bonchev–Trinajstić information content (AvgIpc) is 3.09. The van der Waals surface area contributed by atoms with E-state index in [1.807, 2.05) is 9.58 Å². The van der Waals surface area contributed by atoms with Crippen LogP contribution >= 0.6 is 15.9 Å². The van der Waals surface area contributed by atoms with Crippen LogP contribution in [0.5, 0.6) is 0 Å². The number of piperidine rings is 1. The molecule has 0 bridgehead atoms. The molecule has 0 aliphatic carbocycles. The third kappa shape index (κ3) is 2.56. The number of carbonyl (C=O) groups excluding carboxylic acids is 1. The standard InChI is InChI=1S/C12H13BrN4O2/c13-11-4-9(6-19-11)12(18)16-3-1-2-10(5-16)17-8-14-7-15-17/h4,6-8,10H,1-3,5H2. The van der Waals surface area contributed by atoms with Crippen molar-refractivity contribution in [3.8, 4) is 0 Å². The van der Waals surface area contributed by atoms with Gasteiger partial charge in [-0.3, -0.25) is 4.79 Å². The summed E-state index contributed by atoms with van der Waals surface area (Å²) in [7, 11) is 0. The highest BCUT2D eigenvalue weighted by Gasteiger charge is 2.26. The molecule has 100 valence electrons. The molecule has 7 heteroatoms. The van der Waals surface area contributed by atoms with Crippen molar-refractivity contribution in [2.45, 2.75) is 18.9 Å². The number of halogens is 1. The maximum Gasteiger partial charge on any atom is 0.257 e. The molecule has 6 nitrogen and oxygen atoms in total. The van der Waals surface area contributed by atoms with Gasteiger partial charge in [-0.25, -0.2) is 9.67 Å². The molecule has 1 fully saturated rings. The molecule has 19 heavy (non-hydrogen) atoms. The predicted molar refractivity (Wildman–Crippen MR) is 70.6 cm³/mol. The topological polar surface area (TPSA) is 64.2 Å². The number of hydrogen-bond donors (Lipinski definition) is 0. The van der Waals surface area contributed by atoms with Gasteiger partial charge in [-0.1, -0.05) is 0 Å². The number of likely N-dealkylation sites (tertiary alicyclic amines) is 1. The van der Waals surface area contributed by atoms with E-state index in [4.69, 9.17) is 4.42 Å². The van der Waals surface area contributed by atoms with Crippen molar-refractivity contribution in [3.05, 3.63) is 35.2 Å². The monoisotopic (exact) mass is 324 g/mol. The molecule has 1 amide bonds. The van der Waals surface area contributed by atoms with Gasteiger partial charge in [0, 0.05) is 19.2 Å².